The van der Waals surface area contributed by atoms with Crippen molar-refractivity contribution in [2.45, 2.75) is 42.4 Å². The second kappa shape index (κ2) is 8.48. The highest BCUT2D eigenvalue weighted by atomic mass is 32.2. The van der Waals surface area contributed by atoms with Crippen LogP contribution in [0.4, 0.5) is 0 Å². The van der Waals surface area contributed by atoms with E-state index < -0.39 is 10.9 Å². The van der Waals surface area contributed by atoms with Gasteiger partial charge in [0.15, 0.2) is 5.78 Å². The molecule has 0 saturated carbocycles. The minimum Gasteiger partial charge on any atom is -0.497 e. The second-order valence-electron chi connectivity index (χ2n) is 8.68. The van der Waals surface area contributed by atoms with E-state index in [4.69, 9.17) is 4.74 Å². The molecule has 3 aromatic rings. The van der Waals surface area contributed by atoms with E-state index in [1.807, 2.05) is 12.1 Å². The summed E-state index contributed by atoms with van der Waals surface area (Å²) >= 11 is 0. The van der Waals surface area contributed by atoms with Crippen LogP contribution in [0.15, 0.2) is 99.2 Å². The summed E-state index contributed by atoms with van der Waals surface area (Å²) in [5, 5.41) is 0. The number of hydrogen-bond donors (Lipinski definition) is 1. The van der Waals surface area contributed by atoms with Crippen LogP contribution in [0.25, 0.3) is 11.1 Å². The molecule has 1 unspecified atom stereocenters. The third-order valence-electron chi connectivity index (χ3n) is 6.38. The van der Waals surface area contributed by atoms with Gasteiger partial charge in [0.1, 0.15) is 5.75 Å². The highest BCUT2D eigenvalue weighted by molar-refractivity contribution is 8.20. The van der Waals surface area contributed by atoms with Crippen LogP contribution in [0.1, 0.15) is 48.5 Å². The monoisotopic (exact) mass is 440 g/mol. The highest BCUT2D eigenvalue weighted by Gasteiger charge is 2.32. The SMILES string of the molecule is COc1ccc(-c2ccc([SH]3C4=C(CCC=C4)C(=O)c4cc(C(C)C)ccc43)cc2)cc1. The molecule has 0 spiro atoms. The quantitative estimate of drug-likeness (QED) is 0.421. The summed E-state index contributed by atoms with van der Waals surface area (Å²) in [6.45, 7) is 4.37. The number of carbonyl (C=O) groups excluding carboxylic acids is 1. The minimum absolute atomic E-state index is 0.232. The fraction of sp³-hybridized carbons (Fsp3) is 0.207. The molecule has 2 aliphatic rings. The summed E-state index contributed by atoms with van der Waals surface area (Å²) in [7, 11) is 0.951. The van der Waals surface area contributed by atoms with Crippen molar-refractivity contribution in [1.29, 1.82) is 0 Å². The van der Waals surface area contributed by atoms with Crippen molar-refractivity contribution >= 4 is 16.7 Å². The summed E-state index contributed by atoms with van der Waals surface area (Å²) in [4.78, 5) is 17.1. The molecule has 0 saturated heterocycles. The van der Waals surface area contributed by atoms with Gasteiger partial charge in [0.2, 0.25) is 0 Å². The van der Waals surface area contributed by atoms with E-state index in [1.54, 1.807) is 7.11 Å². The van der Waals surface area contributed by atoms with E-state index in [0.717, 1.165) is 29.7 Å². The molecule has 0 radical (unpaired) electrons. The van der Waals surface area contributed by atoms with Gasteiger partial charge < -0.3 is 4.74 Å². The third kappa shape index (κ3) is 3.61. The zero-order valence-corrected chi connectivity index (χ0v) is 19.7. The van der Waals surface area contributed by atoms with Crippen molar-refractivity contribution in [2.24, 2.45) is 0 Å². The van der Waals surface area contributed by atoms with Crippen LogP contribution in [0.3, 0.4) is 0 Å². The van der Waals surface area contributed by atoms with Crippen LogP contribution in [0.2, 0.25) is 0 Å². The van der Waals surface area contributed by atoms with Gasteiger partial charge in [-0.15, -0.1) is 0 Å². The molecule has 0 N–H and O–H groups in total. The van der Waals surface area contributed by atoms with Crippen molar-refractivity contribution in [3.05, 3.63) is 100 Å². The van der Waals surface area contributed by atoms with E-state index in [9.17, 15) is 4.79 Å². The molecule has 1 aliphatic carbocycles. The Hall–Kier alpha value is -3.04. The van der Waals surface area contributed by atoms with Gasteiger partial charge >= 0.3 is 0 Å². The Balaban J connectivity index is 1.58. The predicted molar refractivity (Wildman–Crippen MR) is 134 cm³/mol. The first-order valence-corrected chi connectivity index (χ1v) is 12.5. The molecule has 0 fully saturated rings. The number of hydrogen-bond acceptors (Lipinski definition) is 2. The molecular weight excluding hydrogens is 412 g/mol. The zero-order valence-electron chi connectivity index (χ0n) is 18.8. The van der Waals surface area contributed by atoms with Crippen molar-refractivity contribution in [3.8, 4) is 16.9 Å². The molecule has 0 amide bonds. The Morgan fingerprint density at radius 2 is 1.59 bits per heavy atom. The molecule has 1 atom stereocenters. The normalized spacial score (nSPS) is 18.5. The summed E-state index contributed by atoms with van der Waals surface area (Å²) in [5.74, 6) is 1.50. The molecule has 3 aromatic carbocycles. The van der Waals surface area contributed by atoms with Crippen molar-refractivity contribution < 1.29 is 9.53 Å². The molecule has 1 heterocycles. The minimum atomic E-state index is -0.735. The van der Waals surface area contributed by atoms with Gasteiger partial charge in [-0.3, -0.25) is 4.79 Å². The summed E-state index contributed by atoms with van der Waals surface area (Å²) < 4.78 is 5.28. The van der Waals surface area contributed by atoms with Crippen LogP contribution in [0.5, 0.6) is 5.75 Å². The van der Waals surface area contributed by atoms with E-state index in [1.165, 1.54) is 31.4 Å². The van der Waals surface area contributed by atoms with E-state index >= 15 is 0 Å². The Labute approximate surface area is 193 Å². The first-order valence-electron chi connectivity index (χ1n) is 11.2. The standard InChI is InChI=1S/C29H28O2S/c1-19(2)22-12-17-28-26(18-22)29(30)25-6-4-5-7-27(25)32(28)24-15-10-21(11-16-24)20-8-13-23(31-3)14-9-20/h5,7-19,32H,4,6H2,1-3H3. The molecular formula is C29H28O2S. The summed E-state index contributed by atoms with van der Waals surface area (Å²) in [6.07, 6.45) is 6.22. The number of allylic oxidation sites excluding steroid dienone is 3. The van der Waals surface area contributed by atoms with Crippen molar-refractivity contribution in [2.75, 3.05) is 7.11 Å². The van der Waals surface area contributed by atoms with E-state index in [0.29, 0.717) is 5.92 Å². The van der Waals surface area contributed by atoms with Crippen LogP contribution in [0, 0.1) is 0 Å². The fourth-order valence-electron chi connectivity index (χ4n) is 4.54. The third-order valence-corrected chi connectivity index (χ3v) is 8.97. The number of fused-ring (bicyclic) bond motifs is 1. The molecule has 32 heavy (non-hydrogen) atoms. The molecule has 0 aromatic heterocycles. The zero-order chi connectivity index (χ0) is 22.2. The van der Waals surface area contributed by atoms with E-state index in [2.05, 4.69) is 80.6 Å². The topological polar surface area (TPSA) is 26.3 Å². The van der Waals surface area contributed by atoms with Crippen LogP contribution in [-0.2, 0) is 0 Å². The van der Waals surface area contributed by atoms with Gasteiger partial charge in [-0.25, -0.2) is 0 Å². The fourth-order valence-corrected chi connectivity index (χ4v) is 7.17. The second-order valence-corrected chi connectivity index (χ2v) is 10.8. The lowest BCUT2D eigenvalue weighted by Gasteiger charge is -2.34. The lowest BCUT2D eigenvalue weighted by Crippen LogP contribution is -2.16. The average molecular weight is 441 g/mol. The summed E-state index contributed by atoms with van der Waals surface area (Å²) in [6, 6.07) is 23.6. The number of benzene rings is 3. The maximum absolute atomic E-state index is 13.4. The Bertz CT molecular complexity index is 1230. The maximum Gasteiger partial charge on any atom is 0.191 e. The lowest BCUT2D eigenvalue weighted by molar-refractivity contribution is 0.102. The number of methoxy groups -OCH3 is 1. The van der Waals surface area contributed by atoms with Gasteiger partial charge in [-0.05, 0) is 76.7 Å². The number of rotatable bonds is 4. The number of ketones is 1. The molecule has 1 aliphatic heterocycles. The predicted octanol–water partition coefficient (Wildman–Crippen LogP) is 7.71. The molecule has 162 valence electrons. The number of thiol groups is 1. The smallest absolute Gasteiger partial charge is 0.191 e. The van der Waals surface area contributed by atoms with Crippen LogP contribution in [-0.4, -0.2) is 12.9 Å². The van der Waals surface area contributed by atoms with Crippen molar-refractivity contribution in [3.63, 3.8) is 0 Å². The summed E-state index contributed by atoms with van der Waals surface area (Å²) in [5.41, 5.74) is 5.52. The molecule has 0 bridgehead atoms. The van der Waals surface area contributed by atoms with Crippen LogP contribution < -0.4 is 4.74 Å². The van der Waals surface area contributed by atoms with Gasteiger partial charge in [-0.2, -0.15) is 10.9 Å². The lowest BCUT2D eigenvalue weighted by atomic mass is 9.92. The average Bonchev–Trinajstić information content (AvgIpc) is 2.84. The van der Waals surface area contributed by atoms with Crippen LogP contribution >= 0.6 is 10.9 Å². The molecule has 3 heteroatoms. The number of ether oxygens (including phenoxy) is 1. The number of Topliss-reactive ketones (excluding diaryl/α,β-unsaturated/α-hetero) is 1. The van der Waals surface area contributed by atoms with Gasteiger partial charge in [0.05, 0.1) is 7.11 Å². The van der Waals surface area contributed by atoms with E-state index in [-0.39, 0.29) is 5.78 Å². The molecule has 5 rings (SSSR count). The Morgan fingerprint density at radius 1 is 0.906 bits per heavy atom. The van der Waals surface area contributed by atoms with Crippen molar-refractivity contribution in [1.82, 2.24) is 0 Å². The first kappa shape index (κ1) is 20.8. The first-order chi connectivity index (χ1) is 15.6. The highest BCUT2D eigenvalue weighted by Crippen LogP contribution is 2.58. The van der Waals surface area contributed by atoms with Gasteiger partial charge in [0, 0.05) is 20.9 Å². The number of carbonyl (C=O) groups is 1. The molecule has 2 nitrogen and oxygen atoms in total. The van der Waals surface area contributed by atoms with Gasteiger partial charge in [-0.1, -0.05) is 56.3 Å². The Kier molecular flexibility index (Phi) is 5.52. The van der Waals surface area contributed by atoms with Gasteiger partial charge in [0.25, 0.3) is 0 Å². The maximum atomic E-state index is 13.4. The largest absolute Gasteiger partial charge is 0.497 e. The Morgan fingerprint density at radius 3 is 2.25 bits per heavy atom.